The molecule has 2 heteroatoms. The van der Waals surface area contributed by atoms with E-state index < -0.39 is 0 Å². The number of benzene rings is 2. The summed E-state index contributed by atoms with van der Waals surface area (Å²) in [5.41, 5.74) is 2.88. The molecule has 2 bridgehead atoms. The zero-order valence-corrected chi connectivity index (χ0v) is 11.8. The molecule has 2 nitrogen and oxygen atoms in total. The van der Waals surface area contributed by atoms with Crippen molar-refractivity contribution in [3.05, 3.63) is 54.1 Å². The molecule has 0 aliphatic carbocycles. The lowest BCUT2D eigenvalue weighted by atomic mass is 9.88. The Balaban J connectivity index is 1.84. The molecule has 0 saturated carbocycles. The van der Waals surface area contributed by atoms with Crippen LogP contribution in [0, 0.1) is 0 Å². The van der Waals surface area contributed by atoms with Crippen LogP contribution < -0.4 is 0 Å². The fourth-order valence-electron chi connectivity index (χ4n) is 3.46. The highest BCUT2D eigenvalue weighted by Gasteiger charge is 2.32. The average Bonchev–Trinajstić information content (AvgIpc) is 2.46. The maximum absolute atomic E-state index is 5.69. The fraction of sp³-hybridized carbons (Fsp3) is 0.333. The highest BCUT2D eigenvalue weighted by molar-refractivity contribution is 5.94. The van der Waals surface area contributed by atoms with Crippen molar-refractivity contribution >= 4 is 16.3 Å². The minimum atomic E-state index is 0.427. The number of morpholine rings is 1. The first kappa shape index (κ1) is 12.1. The van der Waals surface area contributed by atoms with E-state index in [0.717, 1.165) is 19.6 Å². The highest BCUT2D eigenvalue weighted by atomic mass is 16.5. The van der Waals surface area contributed by atoms with Crippen molar-refractivity contribution in [3.63, 3.8) is 0 Å². The van der Waals surface area contributed by atoms with E-state index in [4.69, 9.17) is 4.74 Å². The van der Waals surface area contributed by atoms with E-state index in [2.05, 4.69) is 60.5 Å². The molecule has 2 atom stereocenters. The van der Waals surface area contributed by atoms with Crippen LogP contribution in [-0.2, 0) is 4.74 Å². The van der Waals surface area contributed by atoms with Gasteiger partial charge in [0.05, 0.1) is 19.3 Å². The third kappa shape index (κ3) is 1.88. The molecule has 2 aromatic carbocycles. The van der Waals surface area contributed by atoms with Gasteiger partial charge >= 0.3 is 0 Å². The predicted molar refractivity (Wildman–Crippen MR) is 82.7 cm³/mol. The zero-order valence-electron chi connectivity index (χ0n) is 11.8. The van der Waals surface area contributed by atoms with Crippen molar-refractivity contribution in [1.29, 1.82) is 0 Å². The van der Waals surface area contributed by atoms with Gasteiger partial charge in [0.15, 0.2) is 0 Å². The van der Waals surface area contributed by atoms with Gasteiger partial charge in [0.1, 0.15) is 0 Å². The zero-order chi connectivity index (χ0) is 13.5. The molecular formula is C18H19NO. The minimum Gasteiger partial charge on any atom is -0.378 e. The summed E-state index contributed by atoms with van der Waals surface area (Å²) in [4.78, 5) is 2.46. The Bertz CT molecular complexity index is 671. The van der Waals surface area contributed by atoms with Crippen LogP contribution in [0.2, 0.25) is 0 Å². The van der Waals surface area contributed by atoms with Gasteiger partial charge in [0, 0.05) is 6.04 Å². The number of fused-ring (bicyclic) bond motifs is 3. The van der Waals surface area contributed by atoms with Gasteiger partial charge in [-0.1, -0.05) is 48.5 Å². The van der Waals surface area contributed by atoms with Crippen LogP contribution >= 0.6 is 0 Å². The van der Waals surface area contributed by atoms with Crippen molar-refractivity contribution in [2.24, 2.45) is 0 Å². The Morgan fingerprint density at radius 1 is 1.05 bits per heavy atom. The van der Waals surface area contributed by atoms with Crippen molar-refractivity contribution in [2.75, 3.05) is 20.3 Å². The maximum atomic E-state index is 5.69. The van der Waals surface area contributed by atoms with Crippen LogP contribution in [0.4, 0.5) is 0 Å². The van der Waals surface area contributed by atoms with Gasteiger partial charge in [-0.25, -0.2) is 0 Å². The predicted octanol–water partition coefficient (Wildman–Crippen LogP) is 3.33. The molecular weight excluding hydrogens is 246 g/mol. The molecule has 20 heavy (non-hydrogen) atoms. The third-order valence-electron chi connectivity index (χ3n) is 4.68. The van der Waals surface area contributed by atoms with Crippen LogP contribution in [0.1, 0.15) is 12.0 Å². The van der Waals surface area contributed by atoms with Crippen LogP contribution in [0.3, 0.4) is 0 Å². The van der Waals surface area contributed by atoms with Gasteiger partial charge in [-0.3, -0.25) is 4.90 Å². The van der Waals surface area contributed by atoms with E-state index in [1.54, 1.807) is 0 Å². The Kier molecular flexibility index (Phi) is 2.86. The molecule has 1 fully saturated rings. The minimum absolute atomic E-state index is 0.427. The summed E-state index contributed by atoms with van der Waals surface area (Å²) < 4.78 is 5.69. The lowest BCUT2D eigenvalue weighted by molar-refractivity contribution is -0.0221. The molecule has 2 aromatic rings. The van der Waals surface area contributed by atoms with Crippen molar-refractivity contribution in [1.82, 2.24) is 4.90 Å². The lowest BCUT2D eigenvalue weighted by Crippen LogP contribution is -2.51. The first-order valence-corrected chi connectivity index (χ1v) is 7.31. The second-order valence-corrected chi connectivity index (χ2v) is 5.85. The van der Waals surface area contributed by atoms with Crippen molar-refractivity contribution < 1.29 is 4.74 Å². The van der Waals surface area contributed by atoms with Crippen molar-refractivity contribution in [2.45, 2.75) is 18.5 Å². The molecule has 2 heterocycles. The molecule has 1 saturated heterocycles. The van der Waals surface area contributed by atoms with E-state index in [-0.39, 0.29) is 0 Å². The van der Waals surface area contributed by atoms with Crippen LogP contribution in [0.5, 0.6) is 0 Å². The summed E-state index contributed by atoms with van der Waals surface area (Å²) in [5.74, 6) is 0. The number of hydrogen-bond acceptors (Lipinski definition) is 2. The lowest BCUT2D eigenvalue weighted by Gasteiger charge is -2.42. The van der Waals surface area contributed by atoms with Gasteiger partial charge in [-0.05, 0) is 35.4 Å². The van der Waals surface area contributed by atoms with Crippen LogP contribution in [0.15, 0.2) is 48.5 Å². The molecule has 0 N–H and O–H groups in total. The summed E-state index contributed by atoms with van der Waals surface area (Å²) in [6.45, 7) is 1.68. The Hall–Kier alpha value is -1.64. The topological polar surface area (TPSA) is 12.5 Å². The fourth-order valence-corrected chi connectivity index (χ4v) is 3.46. The number of ether oxygens (including phenoxy) is 1. The SMILES string of the molecule is CN1C2C=C(c3cccc4ccccc34)CC1COC2. The molecule has 102 valence electrons. The summed E-state index contributed by atoms with van der Waals surface area (Å²) in [7, 11) is 2.22. The maximum Gasteiger partial charge on any atom is 0.0658 e. The van der Waals surface area contributed by atoms with Gasteiger partial charge in [0.25, 0.3) is 0 Å². The molecule has 0 aromatic heterocycles. The van der Waals surface area contributed by atoms with Crippen LogP contribution in [0.25, 0.3) is 16.3 Å². The number of likely N-dealkylation sites (N-methyl/N-ethyl adjacent to an activating group) is 1. The van der Waals surface area contributed by atoms with Gasteiger partial charge in [-0.15, -0.1) is 0 Å². The first-order valence-electron chi connectivity index (χ1n) is 7.31. The molecule has 0 amide bonds. The average molecular weight is 265 g/mol. The molecule has 4 rings (SSSR count). The molecule has 0 radical (unpaired) electrons. The normalized spacial score (nSPS) is 26.6. The monoisotopic (exact) mass is 265 g/mol. The van der Waals surface area contributed by atoms with Gasteiger partial charge < -0.3 is 4.74 Å². The van der Waals surface area contributed by atoms with E-state index >= 15 is 0 Å². The van der Waals surface area contributed by atoms with E-state index in [1.165, 1.54) is 21.9 Å². The molecule has 2 aliphatic rings. The second kappa shape index (κ2) is 4.72. The summed E-state index contributed by atoms with van der Waals surface area (Å²) >= 11 is 0. The smallest absolute Gasteiger partial charge is 0.0658 e. The Morgan fingerprint density at radius 3 is 2.80 bits per heavy atom. The number of rotatable bonds is 1. The standard InChI is InChI=1S/C18H19NO/c1-19-15-9-14(10-16(19)12-20-11-15)18-8-4-6-13-5-2-3-7-17(13)18/h2-9,15-16H,10-12H2,1H3. The van der Waals surface area contributed by atoms with Crippen LogP contribution in [-0.4, -0.2) is 37.2 Å². The van der Waals surface area contributed by atoms with E-state index in [1.807, 2.05) is 0 Å². The Labute approximate surface area is 119 Å². The number of hydrogen-bond donors (Lipinski definition) is 0. The Morgan fingerprint density at radius 2 is 1.90 bits per heavy atom. The highest BCUT2D eigenvalue weighted by Crippen LogP contribution is 2.34. The summed E-state index contributed by atoms with van der Waals surface area (Å²) in [6.07, 6.45) is 3.48. The third-order valence-corrected chi connectivity index (χ3v) is 4.68. The molecule has 2 aliphatic heterocycles. The first-order chi connectivity index (χ1) is 9.83. The summed E-state index contributed by atoms with van der Waals surface area (Å²) in [5, 5.41) is 2.69. The second-order valence-electron chi connectivity index (χ2n) is 5.85. The van der Waals surface area contributed by atoms with E-state index in [9.17, 15) is 0 Å². The number of nitrogens with zero attached hydrogens (tertiary/aromatic N) is 1. The summed E-state index contributed by atoms with van der Waals surface area (Å²) in [6, 6.07) is 16.2. The van der Waals surface area contributed by atoms with Gasteiger partial charge in [0.2, 0.25) is 0 Å². The molecule has 0 spiro atoms. The van der Waals surface area contributed by atoms with Crippen molar-refractivity contribution in [3.8, 4) is 0 Å². The largest absolute Gasteiger partial charge is 0.378 e. The molecule has 2 unspecified atom stereocenters. The quantitative estimate of drug-likeness (QED) is 0.784. The van der Waals surface area contributed by atoms with E-state index in [0.29, 0.717) is 12.1 Å². The van der Waals surface area contributed by atoms with Gasteiger partial charge in [-0.2, -0.15) is 0 Å².